The fourth-order valence-corrected chi connectivity index (χ4v) is 2.20. The summed E-state index contributed by atoms with van der Waals surface area (Å²) in [6.07, 6.45) is 4.10. The molecule has 3 rings (SSSR count). The van der Waals surface area contributed by atoms with Crippen molar-refractivity contribution in [3.8, 4) is 11.5 Å². The van der Waals surface area contributed by atoms with E-state index in [1.807, 2.05) is 48.5 Å². The van der Waals surface area contributed by atoms with Crippen molar-refractivity contribution in [3.63, 3.8) is 0 Å². The summed E-state index contributed by atoms with van der Waals surface area (Å²) in [5, 5.41) is 0. The molecule has 0 amide bonds. The van der Waals surface area contributed by atoms with Gasteiger partial charge in [0.05, 0.1) is 13.2 Å². The van der Waals surface area contributed by atoms with E-state index >= 15 is 0 Å². The summed E-state index contributed by atoms with van der Waals surface area (Å²) < 4.78 is 17.1. The summed E-state index contributed by atoms with van der Waals surface area (Å²) in [4.78, 5) is 0. The van der Waals surface area contributed by atoms with Crippen molar-refractivity contribution < 1.29 is 14.2 Å². The van der Waals surface area contributed by atoms with Crippen LogP contribution in [0.4, 0.5) is 0 Å². The normalized spacial score (nSPS) is 15.2. The summed E-state index contributed by atoms with van der Waals surface area (Å²) >= 11 is 0. The maximum absolute atomic E-state index is 5.77. The number of fused-ring (bicyclic) bond motifs is 2. The molecule has 0 unspecified atom stereocenters. The van der Waals surface area contributed by atoms with E-state index in [1.54, 1.807) is 0 Å². The first kappa shape index (κ1) is 13.7. The van der Waals surface area contributed by atoms with Crippen LogP contribution in [0.15, 0.2) is 48.5 Å². The molecule has 108 valence electrons. The van der Waals surface area contributed by atoms with Gasteiger partial charge in [-0.3, -0.25) is 0 Å². The van der Waals surface area contributed by atoms with E-state index in [0.717, 1.165) is 22.6 Å². The van der Waals surface area contributed by atoms with Crippen molar-refractivity contribution >= 4 is 12.2 Å². The molecule has 0 aromatic heterocycles. The van der Waals surface area contributed by atoms with Crippen LogP contribution in [0.25, 0.3) is 12.2 Å². The number of benzene rings is 2. The predicted octanol–water partition coefficient (Wildman–Crippen LogP) is 3.64. The van der Waals surface area contributed by atoms with Gasteiger partial charge in [0.2, 0.25) is 0 Å². The van der Waals surface area contributed by atoms with E-state index in [2.05, 4.69) is 12.2 Å². The standard InChI is InChI=1S/C18H18O3/c1-3-7-17-15(5-1)9-10-16-6-2-4-8-18(16)21-14-12-19-11-13-20-17/h1-10H,11-14H2. The zero-order valence-electron chi connectivity index (χ0n) is 11.8. The van der Waals surface area contributed by atoms with E-state index in [4.69, 9.17) is 14.2 Å². The molecule has 1 aliphatic heterocycles. The molecule has 1 heterocycles. The van der Waals surface area contributed by atoms with E-state index in [1.165, 1.54) is 0 Å². The van der Waals surface area contributed by atoms with Crippen molar-refractivity contribution in [2.24, 2.45) is 0 Å². The van der Waals surface area contributed by atoms with E-state index < -0.39 is 0 Å². The van der Waals surface area contributed by atoms with Gasteiger partial charge in [0.1, 0.15) is 24.7 Å². The molecule has 0 saturated carbocycles. The van der Waals surface area contributed by atoms with E-state index in [-0.39, 0.29) is 0 Å². The Balaban J connectivity index is 1.93. The average Bonchev–Trinajstić information content (AvgIpc) is 2.55. The predicted molar refractivity (Wildman–Crippen MR) is 83.6 cm³/mol. The van der Waals surface area contributed by atoms with Crippen LogP contribution in [0, 0.1) is 0 Å². The van der Waals surface area contributed by atoms with Crippen LogP contribution in [0.1, 0.15) is 11.1 Å². The van der Waals surface area contributed by atoms with Gasteiger partial charge in [0.25, 0.3) is 0 Å². The minimum Gasteiger partial charge on any atom is -0.491 e. The second-order valence-corrected chi connectivity index (χ2v) is 4.72. The van der Waals surface area contributed by atoms with Gasteiger partial charge in [0, 0.05) is 11.1 Å². The second-order valence-electron chi connectivity index (χ2n) is 4.72. The zero-order valence-corrected chi connectivity index (χ0v) is 11.8. The van der Waals surface area contributed by atoms with Gasteiger partial charge in [-0.2, -0.15) is 0 Å². The fraction of sp³-hybridized carbons (Fsp3) is 0.222. The number of hydrogen-bond donors (Lipinski definition) is 0. The van der Waals surface area contributed by atoms with Gasteiger partial charge < -0.3 is 14.2 Å². The third-order valence-electron chi connectivity index (χ3n) is 3.25. The van der Waals surface area contributed by atoms with Gasteiger partial charge in [0.15, 0.2) is 0 Å². The maximum atomic E-state index is 5.77. The van der Waals surface area contributed by atoms with Crippen LogP contribution in [-0.2, 0) is 4.74 Å². The summed E-state index contributed by atoms with van der Waals surface area (Å²) in [7, 11) is 0. The quantitative estimate of drug-likeness (QED) is 0.738. The Kier molecular flexibility index (Phi) is 4.54. The maximum Gasteiger partial charge on any atom is 0.126 e. The SMILES string of the molecule is C1=Cc2ccccc2OCCOCCOc2ccccc21. The highest BCUT2D eigenvalue weighted by molar-refractivity contribution is 5.74. The molecule has 3 heteroatoms. The van der Waals surface area contributed by atoms with Crippen LogP contribution in [0.5, 0.6) is 11.5 Å². The Bertz CT molecular complexity index is 566. The number of hydrogen-bond acceptors (Lipinski definition) is 3. The van der Waals surface area contributed by atoms with E-state index in [0.29, 0.717) is 26.4 Å². The highest BCUT2D eigenvalue weighted by Crippen LogP contribution is 2.24. The highest BCUT2D eigenvalue weighted by Gasteiger charge is 2.04. The van der Waals surface area contributed by atoms with Crippen molar-refractivity contribution in [2.75, 3.05) is 26.4 Å². The summed E-state index contributed by atoms with van der Waals surface area (Å²) in [5.74, 6) is 1.74. The molecule has 0 atom stereocenters. The van der Waals surface area contributed by atoms with Crippen molar-refractivity contribution in [1.82, 2.24) is 0 Å². The van der Waals surface area contributed by atoms with Crippen LogP contribution in [0.3, 0.4) is 0 Å². The van der Waals surface area contributed by atoms with Crippen molar-refractivity contribution in [3.05, 3.63) is 59.7 Å². The molecule has 1 aliphatic rings. The molecular formula is C18H18O3. The largest absolute Gasteiger partial charge is 0.491 e. The Morgan fingerprint density at radius 2 is 1.05 bits per heavy atom. The third-order valence-corrected chi connectivity index (χ3v) is 3.25. The number of rotatable bonds is 0. The molecule has 0 radical (unpaired) electrons. The molecule has 0 N–H and O–H groups in total. The van der Waals surface area contributed by atoms with Gasteiger partial charge in [-0.15, -0.1) is 0 Å². The van der Waals surface area contributed by atoms with Crippen molar-refractivity contribution in [2.45, 2.75) is 0 Å². The second kappa shape index (κ2) is 6.95. The average molecular weight is 282 g/mol. The third kappa shape index (κ3) is 3.64. The fourth-order valence-electron chi connectivity index (χ4n) is 2.20. The smallest absolute Gasteiger partial charge is 0.126 e. The van der Waals surface area contributed by atoms with Crippen LogP contribution in [0.2, 0.25) is 0 Å². The van der Waals surface area contributed by atoms with Gasteiger partial charge >= 0.3 is 0 Å². The van der Waals surface area contributed by atoms with Crippen LogP contribution < -0.4 is 9.47 Å². The molecule has 0 bridgehead atoms. The number of para-hydroxylation sites is 2. The molecule has 0 fully saturated rings. The van der Waals surface area contributed by atoms with Gasteiger partial charge in [-0.05, 0) is 12.1 Å². The number of ether oxygens (including phenoxy) is 3. The summed E-state index contributed by atoms with van der Waals surface area (Å²) in [6, 6.07) is 16.0. The summed E-state index contributed by atoms with van der Waals surface area (Å²) in [6.45, 7) is 2.20. The van der Waals surface area contributed by atoms with E-state index in [9.17, 15) is 0 Å². The molecular weight excluding hydrogens is 264 g/mol. The summed E-state index contributed by atoms with van der Waals surface area (Å²) in [5.41, 5.74) is 2.10. The first-order valence-electron chi connectivity index (χ1n) is 7.13. The van der Waals surface area contributed by atoms with Crippen LogP contribution >= 0.6 is 0 Å². The van der Waals surface area contributed by atoms with Crippen molar-refractivity contribution in [1.29, 1.82) is 0 Å². The lowest BCUT2D eigenvalue weighted by Gasteiger charge is -2.09. The lowest BCUT2D eigenvalue weighted by molar-refractivity contribution is 0.0764. The molecule has 2 aromatic rings. The molecule has 0 saturated heterocycles. The Morgan fingerprint density at radius 3 is 1.57 bits per heavy atom. The molecule has 0 spiro atoms. The van der Waals surface area contributed by atoms with Crippen LogP contribution in [-0.4, -0.2) is 26.4 Å². The Morgan fingerprint density at radius 1 is 0.571 bits per heavy atom. The lowest BCUT2D eigenvalue weighted by atomic mass is 10.1. The first-order valence-corrected chi connectivity index (χ1v) is 7.13. The topological polar surface area (TPSA) is 27.7 Å². The monoisotopic (exact) mass is 282 g/mol. The van der Waals surface area contributed by atoms with Gasteiger partial charge in [-0.25, -0.2) is 0 Å². The lowest BCUT2D eigenvalue weighted by Crippen LogP contribution is -2.12. The molecule has 3 nitrogen and oxygen atoms in total. The Labute approximate surface area is 124 Å². The Hall–Kier alpha value is -2.26. The first-order chi connectivity index (χ1) is 10.4. The zero-order chi connectivity index (χ0) is 14.3. The minimum absolute atomic E-state index is 0.539. The molecule has 21 heavy (non-hydrogen) atoms. The molecule has 0 aliphatic carbocycles. The van der Waals surface area contributed by atoms with Gasteiger partial charge in [-0.1, -0.05) is 48.6 Å². The minimum atomic E-state index is 0.539. The highest BCUT2D eigenvalue weighted by atomic mass is 16.5. The molecule has 2 aromatic carbocycles.